The number of amides is 1. The molecule has 172 valence electrons. The molecule has 0 unspecified atom stereocenters. The van der Waals surface area contributed by atoms with Crippen LogP contribution in [-0.4, -0.2) is 66.0 Å². The molecule has 0 bridgehead atoms. The Morgan fingerprint density at radius 3 is 2.25 bits per heavy atom. The van der Waals surface area contributed by atoms with Crippen LogP contribution in [0.15, 0.2) is 48.8 Å². The van der Waals surface area contributed by atoms with Crippen molar-refractivity contribution in [2.75, 3.05) is 23.9 Å². The Morgan fingerprint density at radius 2 is 1.75 bits per heavy atom. The van der Waals surface area contributed by atoms with Crippen molar-refractivity contribution in [2.45, 2.75) is 39.4 Å². The van der Waals surface area contributed by atoms with E-state index in [0.29, 0.717) is 11.3 Å². The van der Waals surface area contributed by atoms with Gasteiger partial charge in [-0.15, -0.1) is 0 Å². The van der Waals surface area contributed by atoms with Crippen LogP contribution in [0.3, 0.4) is 0 Å². The van der Waals surface area contributed by atoms with Crippen LogP contribution in [0.5, 0.6) is 0 Å². The fourth-order valence-corrected chi connectivity index (χ4v) is 5.88. The second-order valence-corrected chi connectivity index (χ2v) is 9.84. The summed E-state index contributed by atoms with van der Waals surface area (Å²) in [7, 11) is -3.92. The van der Waals surface area contributed by atoms with Gasteiger partial charge in [0.15, 0.2) is 5.78 Å². The number of carbonyl (C=O) groups is 2. The van der Waals surface area contributed by atoms with E-state index in [4.69, 9.17) is 5.73 Å². The van der Waals surface area contributed by atoms with Gasteiger partial charge in [-0.1, -0.05) is 24.3 Å². The lowest BCUT2D eigenvalue weighted by Crippen LogP contribution is -2.61. The number of ketones is 1. The van der Waals surface area contributed by atoms with Crippen LogP contribution < -0.4 is 10.0 Å². The fraction of sp³-hybridized carbons (Fsp3) is 0.409. The second kappa shape index (κ2) is 9.76. The molecular weight excluding hydrogens is 430 g/mol. The first-order valence-electron chi connectivity index (χ1n) is 10.4. The number of benzene rings is 1. The van der Waals surface area contributed by atoms with Crippen molar-refractivity contribution in [2.24, 2.45) is 5.73 Å². The van der Waals surface area contributed by atoms with Gasteiger partial charge in [0.1, 0.15) is 0 Å². The number of nitrogens with zero attached hydrogens (tertiary/aromatic N) is 4. The molecule has 2 N–H and O–H groups in total. The van der Waals surface area contributed by atoms with E-state index in [1.54, 1.807) is 47.5 Å². The first-order chi connectivity index (χ1) is 15.1. The van der Waals surface area contributed by atoms with E-state index in [1.165, 1.54) is 21.7 Å². The normalized spacial score (nSPS) is 19.6. The molecule has 10 heteroatoms. The number of anilines is 1. The Hall–Kier alpha value is -2.82. The van der Waals surface area contributed by atoms with E-state index >= 15 is 0 Å². The summed E-state index contributed by atoms with van der Waals surface area (Å²) in [6.45, 7) is 5.58. The van der Waals surface area contributed by atoms with Gasteiger partial charge in [0.25, 0.3) is 0 Å². The molecule has 0 aliphatic carbocycles. The molecule has 1 aromatic heterocycles. The van der Waals surface area contributed by atoms with E-state index in [2.05, 4.69) is 4.98 Å². The molecule has 1 aliphatic heterocycles. The van der Waals surface area contributed by atoms with Gasteiger partial charge >= 0.3 is 10.2 Å². The molecular formula is C22H29N5O4S. The zero-order valence-corrected chi connectivity index (χ0v) is 19.3. The summed E-state index contributed by atoms with van der Waals surface area (Å²) in [5, 5.41) is 0. The number of nitrogens with two attached hydrogens (primary N) is 1. The smallest absolute Gasteiger partial charge is 0.304 e. The average Bonchev–Trinajstić information content (AvgIpc) is 2.77. The van der Waals surface area contributed by atoms with Crippen molar-refractivity contribution in [1.29, 1.82) is 0 Å². The summed E-state index contributed by atoms with van der Waals surface area (Å²) in [5.74, 6) is -0.252. The van der Waals surface area contributed by atoms with E-state index in [1.807, 2.05) is 13.8 Å². The van der Waals surface area contributed by atoms with Crippen molar-refractivity contribution >= 4 is 27.6 Å². The molecule has 1 fully saturated rings. The molecule has 3 rings (SSSR count). The molecule has 32 heavy (non-hydrogen) atoms. The standard InChI is InChI=1S/C22H29N5O4S/c1-16-13-25(14-17(2)27(16)18(3)28)32(30,31)26(21-5-4-10-24-12-21)15-19-6-8-20(9-7-19)22(29)11-23/h4-10,12,16-17H,11,13-15,23H2,1-3H3/t16-,17+. The molecule has 0 spiro atoms. The Kier molecular flexibility index (Phi) is 7.27. The number of pyridine rings is 1. The molecule has 0 saturated carbocycles. The van der Waals surface area contributed by atoms with Crippen LogP contribution in [0.2, 0.25) is 0 Å². The SMILES string of the molecule is CC(=O)N1[C@H](C)CN(S(=O)(=O)N(Cc2ccc(C(=O)CN)cc2)c2cccnc2)C[C@@H]1C. The van der Waals surface area contributed by atoms with Crippen molar-refractivity contribution in [3.05, 3.63) is 59.9 Å². The Labute approximate surface area is 189 Å². The minimum atomic E-state index is -3.92. The van der Waals surface area contributed by atoms with E-state index < -0.39 is 10.2 Å². The van der Waals surface area contributed by atoms with Crippen LogP contribution in [0.1, 0.15) is 36.7 Å². The summed E-state index contributed by atoms with van der Waals surface area (Å²) in [6, 6.07) is 9.62. The Bertz CT molecular complexity index is 1050. The quantitative estimate of drug-likeness (QED) is 0.626. The number of hydrogen-bond donors (Lipinski definition) is 1. The van der Waals surface area contributed by atoms with Gasteiger partial charge < -0.3 is 10.6 Å². The Balaban J connectivity index is 1.92. The summed E-state index contributed by atoms with van der Waals surface area (Å²) >= 11 is 0. The van der Waals surface area contributed by atoms with Gasteiger partial charge in [-0.3, -0.25) is 18.9 Å². The average molecular weight is 460 g/mol. The maximum Gasteiger partial charge on any atom is 0.304 e. The lowest BCUT2D eigenvalue weighted by molar-refractivity contribution is -0.135. The van der Waals surface area contributed by atoms with Gasteiger partial charge in [-0.25, -0.2) is 0 Å². The molecule has 9 nitrogen and oxygen atoms in total. The zero-order chi connectivity index (χ0) is 23.5. The lowest BCUT2D eigenvalue weighted by atomic mass is 10.1. The van der Waals surface area contributed by atoms with Crippen molar-refractivity contribution < 1.29 is 18.0 Å². The molecule has 1 aromatic carbocycles. The van der Waals surface area contributed by atoms with E-state index in [0.717, 1.165) is 5.56 Å². The van der Waals surface area contributed by atoms with E-state index in [9.17, 15) is 18.0 Å². The molecule has 2 heterocycles. The van der Waals surface area contributed by atoms with Crippen LogP contribution >= 0.6 is 0 Å². The largest absolute Gasteiger partial charge is 0.335 e. The van der Waals surface area contributed by atoms with E-state index in [-0.39, 0.29) is 50.0 Å². The maximum atomic E-state index is 13.7. The molecule has 1 saturated heterocycles. The molecule has 1 amide bonds. The number of carbonyl (C=O) groups excluding carboxylic acids is 2. The monoisotopic (exact) mass is 459 g/mol. The third kappa shape index (κ3) is 4.98. The lowest BCUT2D eigenvalue weighted by Gasteiger charge is -2.44. The van der Waals surface area contributed by atoms with Gasteiger partial charge in [-0.05, 0) is 31.5 Å². The highest BCUT2D eigenvalue weighted by Crippen LogP contribution is 2.26. The minimum Gasteiger partial charge on any atom is -0.335 e. The van der Waals surface area contributed by atoms with Gasteiger partial charge in [0.05, 0.1) is 25.0 Å². The number of Topliss-reactive ketones (excluding diaryl/α,β-unsaturated/α-hetero) is 1. The summed E-state index contributed by atoms with van der Waals surface area (Å²) in [6.07, 6.45) is 3.08. The van der Waals surface area contributed by atoms with Crippen LogP contribution in [0.25, 0.3) is 0 Å². The zero-order valence-electron chi connectivity index (χ0n) is 18.5. The van der Waals surface area contributed by atoms with Gasteiger partial charge in [0, 0.05) is 43.9 Å². The number of rotatable bonds is 7. The summed E-state index contributed by atoms with van der Waals surface area (Å²) in [5.41, 5.74) is 7.05. The first kappa shape index (κ1) is 23.8. The molecule has 1 aliphatic rings. The third-order valence-corrected chi connectivity index (χ3v) is 7.42. The first-order valence-corrected chi connectivity index (χ1v) is 11.8. The number of aromatic nitrogens is 1. The highest BCUT2D eigenvalue weighted by atomic mass is 32.2. The predicted molar refractivity (Wildman–Crippen MR) is 122 cm³/mol. The Morgan fingerprint density at radius 1 is 1.12 bits per heavy atom. The number of piperazine rings is 1. The van der Waals surface area contributed by atoms with Crippen molar-refractivity contribution in [1.82, 2.24) is 14.2 Å². The topological polar surface area (TPSA) is 117 Å². The minimum absolute atomic E-state index is 0.0702. The van der Waals surface area contributed by atoms with Crippen LogP contribution in [-0.2, 0) is 21.5 Å². The highest BCUT2D eigenvalue weighted by molar-refractivity contribution is 7.90. The van der Waals surface area contributed by atoms with Crippen LogP contribution in [0.4, 0.5) is 5.69 Å². The van der Waals surface area contributed by atoms with Gasteiger partial charge in [-0.2, -0.15) is 12.7 Å². The summed E-state index contributed by atoms with van der Waals surface area (Å²) < 4.78 is 30.2. The highest BCUT2D eigenvalue weighted by Gasteiger charge is 2.39. The van der Waals surface area contributed by atoms with Crippen LogP contribution in [0, 0.1) is 0 Å². The fourth-order valence-electron chi connectivity index (χ4n) is 4.11. The number of hydrogen-bond acceptors (Lipinski definition) is 6. The molecule has 2 atom stereocenters. The maximum absolute atomic E-state index is 13.7. The third-order valence-electron chi connectivity index (χ3n) is 5.58. The van der Waals surface area contributed by atoms with Crippen molar-refractivity contribution in [3.8, 4) is 0 Å². The predicted octanol–water partition coefficient (Wildman–Crippen LogP) is 1.42. The van der Waals surface area contributed by atoms with Crippen molar-refractivity contribution in [3.63, 3.8) is 0 Å². The molecule has 2 aromatic rings. The molecule has 0 radical (unpaired) electrons. The van der Waals surface area contributed by atoms with Gasteiger partial charge in [0.2, 0.25) is 5.91 Å². The second-order valence-electron chi connectivity index (χ2n) is 7.99. The summed E-state index contributed by atoms with van der Waals surface area (Å²) in [4.78, 5) is 29.6.